The van der Waals surface area contributed by atoms with Gasteiger partial charge in [-0.05, 0) is 42.2 Å². The summed E-state index contributed by atoms with van der Waals surface area (Å²) in [4.78, 5) is 0. The number of hydrogen-bond acceptors (Lipinski definition) is 1. The summed E-state index contributed by atoms with van der Waals surface area (Å²) in [6.07, 6.45) is 5.75. The molecule has 0 radical (unpaired) electrons. The van der Waals surface area contributed by atoms with Crippen LogP contribution in [-0.4, -0.2) is 5.11 Å². The van der Waals surface area contributed by atoms with Crippen LogP contribution in [0.2, 0.25) is 0 Å². The second-order valence-corrected chi connectivity index (χ2v) is 5.58. The van der Waals surface area contributed by atoms with E-state index in [0.29, 0.717) is 5.92 Å². The van der Waals surface area contributed by atoms with Crippen LogP contribution in [0.4, 0.5) is 0 Å². The maximum absolute atomic E-state index is 10.5. The van der Waals surface area contributed by atoms with Crippen LogP contribution in [0.1, 0.15) is 56.8 Å². The zero-order valence-electron chi connectivity index (χ0n) is 11.0. The lowest BCUT2D eigenvalue weighted by Crippen LogP contribution is -2.20. The highest BCUT2D eigenvalue weighted by Gasteiger charge is 2.26. The van der Waals surface area contributed by atoms with Gasteiger partial charge < -0.3 is 5.11 Å². The average molecular weight is 232 g/mol. The van der Waals surface area contributed by atoms with Gasteiger partial charge >= 0.3 is 0 Å². The summed E-state index contributed by atoms with van der Waals surface area (Å²) in [5, 5.41) is 10.5. The Morgan fingerprint density at radius 1 is 1.35 bits per heavy atom. The van der Waals surface area contributed by atoms with E-state index in [1.54, 1.807) is 0 Å². The number of hydrogen-bond donors (Lipinski definition) is 1. The Morgan fingerprint density at radius 2 is 2.18 bits per heavy atom. The largest absolute Gasteiger partial charge is 0.388 e. The molecule has 1 heteroatoms. The van der Waals surface area contributed by atoms with Gasteiger partial charge in [0, 0.05) is 0 Å². The molecule has 1 N–H and O–H groups in total. The standard InChI is InChI=1S/C16H24O/c1-3-13-7-5-9-15(11-13)16(17)14-8-4-6-12(2)10-14/h5,7,9,11-12,14,16-17H,3-4,6,8,10H2,1-2H3. The smallest absolute Gasteiger partial charge is 0.0818 e. The molecule has 3 atom stereocenters. The third kappa shape index (κ3) is 3.10. The second kappa shape index (κ2) is 5.68. The van der Waals surface area contributed by atoms with Crippen molar-refractivity contribution >= 4 is 0 Å². The highest BCUT2D eigenvalue weighted by atomic mass is 16.3. The molecular weight excluding hydrogens is 208 g/mol. The maximum Gasteiger partial charge on any atom is 0.0818 e. The van der Waals surface area contributed by atoms with Crippen molar-refractivity contribution in [1.82, 2.24) is 0 Å². The van der Waals surface area contributed by atoms with E-state index in [9.17, 15) is 5.11 Å². The number of aryl methyl sites for hydroxylation is 1. The number of rotatable bonds is 3. The monoisotopic (exact) mass is 232 g/mol. The molecule has 1 aliphatic carbocycles. The van der Waals surface area contributed by atoms with Crippen molar-refractivity contribution in [3.63, 3.8) is 0 Å². The van der Waals surface area contributed by atoms with E-state index < -0.39 is 0 Å². The molecule has 2 rings (SSSR count). The predicted molar refractivity (Wildman–Crippen MR) is 71.9 cm³/mol. The van der Waals surface area contributed by atoms with Crippen LogP contribution in [0.3, 0.4) is 0 Å². The molecule has 0 amide bonds. The highest BCUT2D eigenvalue weighted by Crippen LogP contribution is 2.37. The average Bonchev–Trinajstić information content (AvgIpc) is 2.38. The third-order valence-electron chi connectivity index (χ3n) is 4.12. The summed E-state index contributed by atoms with van der Waals surface area (Å²) in [5.74, 6) is 1.24. The van der Waals surface area contributed by atoms with E-state index in [1.807, 2.05) is 0 Å². The normalized spacial score (nSPS) is 26.8. The van der Waals surface area contributed by atoms with Crippen molar-refractivity contribution in [2.45, 2.75) is 52.1 Å². The van der Waals surface area contributed by atoms with Crippen LogP contribution >= 0.6 is 0 Å². The molecular formula is C16H24O. The van der Waals surface area contributed by atoms with E-state index in [-0.39, 0.29) is 6.10 Å². The van der Waals surface area contributed by atoms with Crippen LogP contribution < -0.4 is 0 Å². The maximum atomic E-state index is 10.5. The van der Waals surface area contributed by atoms with Gasteiger partial charge in [0.2, 0.25) is 0 Å². The van der Waals surface area contributed by atoms with Gasteiger partial charge in [0.15, 0.2) is 0 Å². The van der Waals surface area contributed by atoms with Gasteiger partial charge in [-0.2, -0.15) is 0 Å². The number of aliphatic hydroxyl groups is 1. The van der Waals surface area contributed by atoms with Crippen molar-refractivity contribution < 1.29 is 5.11 Å². The fourth-order valence-corrected chi connectivity index (χ4v) is 3.04. The Morgan fingerprint density at radius 3 is 2.88 bits per heavy atom. The molecule has 0 aromatic heterocycles. The van der Waals surface area contributed by atoms with Crippen LogP contribution in [-0.2, 0) is 6.42 Å². The first kappa shape index (κ1) is 12.6. The summed E-state index contributed by atoms with van der Waals surface area (Å²) in [7, 11) is 0. The minimum absolute atomic E-state index is 0.260. The Bertz CT molecular complexity index is 358. The molecule has 0 bridgehead atoms. The molecule has 1 fully saturated rings. The third-order valence-corrected chi connectivity index (χ3v) is 4.12. The summed E-state index contributed by atoms with van der Waals surface area (Å²) >= 11 is 0. The molecule has 1 aliphatic rings. The van der Waals surface area contributed by atoms with Gasteiger partial charge in [0.25, 0.3) is 0 Å². The Hall–Kier alpha value is -0.820. The molecule has 3 unspecified atom stereocenters. The van der Waals surface area contributed by atoms with Gasteiger partial charge in [-0.25, -0.2) is 0 Å². The summed E-state index contributed by atoms with van der Waals surface area (Å²) in [6.45, 7) is 4.47. The predicted octanol–water partition coefficient (Wildman–Crippen LogP) is 4.11. The molecule has 0 spiro atoms. The first-order valence-corrected chi connectivity index (χ1v) is 6.97. The second-order valence-electron chi connectivity index (χ2n) is 5.58. The van der Waals surface area contributed by atoms with E-state index in [0.717, 1.165) is 17.9 Å². The van der Waals surface area contributed by atoms with Gasteiger partial charge in [0.1, 0.15) is 0 Å². The Labute approximate surface area is 105 Å². The number of benzene rings is 1. The molecule has 1 aromatic carbocycles. The van der Waals surface area contributed by atoms with E-state index in [2.05, 4.69) is 38.1 Å². The quantitative estimate of drug-likeness (QED) is 0.831. The minimum Gasteiger partial charge on any atom is -0.388 e. The summed E-state index contributed by atoms with van der Waals surface area (Å²) < 4.78 is 0. The zero-order valence-corrected chi connectivity index (χ0v) is 11.0. The van der Waals surface area contributed by atoms with Crippen LogP contribution in [0.25, 0.3) is 0 Å². The fraction of sp³-hybridized carbons (Fsp3) is 0.625. The molecule has 1 saturated carbocycles. The molecule has 94 valence electrons. The van der Waals surface area contributed by atoms with Gasteiger partial charge in [-0.15, -0.1) is 0 Å². The van der Waals surface area contributed by atoms with Crippen LogP contribution in [0, 0.1) is 11.8 Å². The van der Waals surface area contributed by atoms with E-state index >= 15 is 0 Å². The Balaban J connectivity index is 2.09. The van der Waals surface area contributed by atoms with Gasteiger partial charge in [0.05, 0.1) is 6.10 Å². The van der Waals surface area contributed by atoms with Gasteiger partial charge in [-0.1, -0.05) is 51.0 Å². The topological polar surface area (TPSA) is 20.2 Å². The van der Waals surface area contributed by atoms with Crippen molar-refractivity contribution in [3.05, 3.63) is 35.4 Å². The highest BCUT2D eigenvalue weighted by molar-refractivity contribution is 5.25. The zero-order chi connectivity index (χ0) is 12.3. The summed E-state index contributed by atoms with van der Waals surface area (Å²) in [6, 6.07) is 8.45. The van der Waals surface area contributed by atoms with Crippen molar-refractivity contribution in [1.29, 1.82) is 0 Å². The molecule has 17 heavy (non-hydrogen) atoms. The van der Waals surface area contributed by atoms with Crippen LogP contribution in [0.15, 0.2) is 24.3 Å². The lowest BCUT2D eigenvalue weighted by molar-refractivity contribution is 0.0713. The fourth-order valence-electron chi connectivity index (χ4n) is 3.04. The lowest BCUT2D eigenvalue weighted by Gasteiger charge is -2.30. The molecule has 0 aliphatic heterocycles. The summed E-state index contributed by atoms with van der Waals surface area (Å²) in [5.41, 5.74) is 2.44. The van der Waals surface area contributed by atoms with Crippen molar-refractivity contribution in [2.75, 3.05) is 0 Å². The van der Waals surface area contributed by atoms with E-state index in [4.69, 9.17) is 0 Å². The van der Waals surface area contributed by atoms with Gasteiger partial charge in [-0.3, -0.25) is 0 Å². The minimum atomic E-state index is -0.260. The first-order valence-electron chi connectivity index (χ1n) is 6.97. The van der Waals surface area contributed by atoms with E-state index in [1.165, 1.54) is 31.2 Å². The SMILES string of the molecule is CCc1cccc(C(O)C2CCCC(C)C2)c1. The molecule has 0 saturated heterocycles. The molecule has 1 nitrogen and oxygen atoms in total. The van der Waals surface area contributed by atoms with Crippen LogP contribution in [0.5, 0.6) is 0 Å². The molecule has 0 heterocycles. The first-order chi connectivity index (χ1) is 8.20. The molecule has 1 aromatic rings. The Kier molecular flexibility index (Phi) is 4.22. The number of aliphatic hydroxyl groups excluding tert-OH is 1. The van der Waals surface area contributed by atoms with Crippen molar-refractivity contribution in [3.8, 4) is 0 Å². The van der Waals surface area contributed by atoms with Crippen molar-refractivity contribution in [2.24, 2.45) is 11.8 Å². The lowest BCUT2D eigenvalue weighted by atomic mass is 9.78.